The monoisotopic (exact) mass is 511 g/mol. The molecule has 1 fully saturated rings. The number of nitrogens with one attached hydrogen (secondary N) is 1. The highest BCUT2D eigenvalue weighted by Gasteiger charge is 2.26. The molecule has 2 aromatic carbocycles. The Morgan fingerprint density at radius 2 is 1.67 bits per heavy atom. The van der Waals surface area contributed by atoms with Crippen LogP contribution < -0.4 is 5.32 Å². The predicted octanol–water partition coefficient (Wildman–Crippen LogP) is 4.94. The summed E-state index contributed by atoms with van der Waals surface area (Å²) < 4.78 is 28.0. The summed E-state index contributed by atoms with van der Waals surface area (Å²) in [5.74, 6) is 0. The lowest BCUT2D eigenvalue weighted by atomic mass is 10.2. The fourth-order valence-electron chi connectivity index (χ4n) is 3.00. The molecule has 0 bridgehead atoms. The van der Waals surface area contributed by atoms with E-state index in [1.54, 1.807) is 16.4 Å². The summed E-state index contributed by atoms with van der Waals surface area (Å²) >= 11 is 3.80. The molecule has 2 heterocycles. The second-order valence-electron chi connectivity index (χ2n) is 6.31. The Labute approximate surface area is 176 Å². The fourth-order valence-corrected chi connectivity index (χ4v) is 5.61. The Bertz CT molecular complexity index is 1030. The number of aromatic nitrogens is 1. The summed E-state index contributed by atoms with van der Waals surface area (Å²) in [5.41, 5.74) is 2.73. The van der Waals surface area contributed by atoms with Gasteiger partial charge in [-0.05, 0) is 71.8 Å². The van der Waals surface area contributed by atoms with Gasteiger partial charge in [-0.2, -0.15) is 4.31 Å². The molecule has 0 unspecified atom stereocenters. The van der Waals surface area contributed by atoms with Crippen molar-refractivity contribution in [2.45, 2.75) is 17.7 Å². The number of anilines is 2. The van der Waals surface area contributed by atoms with Crippen molar-refractivity contribution in [2.24, 2.45) is 0 Å². The average molecular weight is 511 g/mol. The minimum Gasteiger partial charge on any atom is -0.332 e. The molecule has 0 radical (unpaired) electrons. The lowest BCUT2D eigenvalue weighted by Crippen LogP contribution is -2.27. The van der Waals surface area contributed by atoms with E-state index < -0.39 is 10.0 Å². The molecule has 1 aromatic heterocycles. The van der Waals surface area contributed by atoms with Crippen LogP contribution >= 0.6 is 33.9 Å². The van der Waals surface area contributed by atoms with Gasteiger partial charge in [-0.1, -0.05) is 12.1 Å². The lowest BCUT2D eigenvalue weighted by molar-refractivity contribution is 0.477. The second kappa shape index (κ2) is 7.86. The van der Waals surface area contributed by atoms with Gasteiger partial charge in [0.15, 0.2) is 5.13 Å². The molecule has 0 aliphatic carbocycles. The second-order valence-corrected chi connectivity index (χ2v) is 10.3. The van der Waals surface area contributed by atoms with Crippen LogP contribution in [0.5, 0.6) is 0 Å². The average Bonchev–Trinajstić information content (AvgIpc) is 3.36. The van der Waals surface area contributed by atoms with Gasteiger partial charge in [-0.15, -0.1) is 11.3 Å². The van der Waals surface area contributed by atoms with E-state index in [2.05, 4.69) is 32.9 Å². The third-order valence-electron chi connectivity index (χ3n) is 4.45. The van der Waals surface area contributed by atoms with Crippen molar-refractivity contribution < 1.29 is 8.42 Å². The van der Waals surface area contributed by atoms with Crippen molar-refractivity contribution in [2.75, 3.05) is 18.4 Å². The van der Waals surface area contributed by atoms with E-state index in [0.717, 1.165) is 34.9 Å². The summed E-state index contributed by atoms with van der Waals surface area (Å²) in [6.45, 7) is 1.23. The molecular weight excluding hydrogens is 493 g/mol. The minimum atomic E-state index is -3.37. The highest BCUT2D eigenvalue weighted by atomic mass is 127. The molecule has 4 rings (SSSR count). The SMILES string of the molecule is O=S(=O)(c1ccc(-c2csc(Nc3ccc(I)cc3)n2)cc1)N1CCCC1. The zero-order valence-corrected chi connectivity index (χ0v) is 18.2. The Balaban J connectivity index is 1.51. The Morgan fingerprint density at radius 1 is 1.00 bits per heavy atom. The van der Waals surface area contributed by atoms with Gasteiger partial charge in [0.2, 0.25) is 10.0 Å². The molecule has 0 saturated carbocycles. The number of sulfonamides is 1. The van der Waals surface area contributed by atoms with E-state index in [-0.39, 0.29) is 0 Å². The molecule has 27 heavy (non-hydrogen) atoms. The van der Waals surface area contributed by atoms with Gasteiger partial charge in [0, 0.05) is 33.3 Å². The third kappa shape index (κ3) is 4.18. The van der Waals surface area contributed by atoms with E-state index in [1.807, 2.05) is 41.8 Å². The number of thiazole rings is 1. The third-order valence-corrected chi connectivity index (χ3v) is 7.84. The van der Waals surface area contributed by atoms with Gasteiger partial charge in [0.25, 0.3) is 0 Å². The summed E-state index contributed by atoms with van der Waals surface area (Å²) in [6, 6.07) is 15.1. The van der Waals surface area contributed by atoms with E-state index in [0.29, 0.717) is 18.0 Å². The van der Waals surface area contributed by atoms with Crippen molar-refractivity contribution in [1.82, 2.24) is 9.29 Å². The Morgan fingerprint density at radius 3 is 2.33 bits per heavy atom. The van der Waals surface area contributed by atoms with E-state index in [4.69, 9.17) is 0 Å². The maximum absolute atomic E-state index is 12.6. The Kier molecular flexibility index (Phi) is 5.49. The normalized spacial score (nSPS) is 15.1. The van der Waals surface area contributed by atoms with Gasteiger partial charge >= 0.3 is 0 Å². The number of halogens is 1. The lowest BCUT2D eigenvalue weighted by Gasteiger charge is -2.15. The summed E-state index contributed by atoms with van der Waals surface area (Å²) in [7, 11) is -3.37. The van der Waals surface area contributed by atoms with E-state index >= 15 is 0 Å². The van der Waals surface area contributed by atoms with Crippen LogP contribution in [0, 0.1) is 3.57 Å². The molecular formula is C19H18IN3O2S2. The van der Waals surface area contributed by atoms with E-state index in [9.17, 15) is 8.42 Å². The number of hydrogen-bond acceptors (Lipinski definition) is 5. The molecule has 1 aliphatic heterocycles. The van der Waals surface area contributed by atoms with Crippen LogP contribution in [0.1, 0.15) is 12.8 Å². The smallest absolute Gasteiger partial charge is 0.243 e. The van der Waals surface area contributed by atoms with Crippen molar-refractivity contribution in [3.8, 4) is 11.3 Å². The van der Waals surface area contributed by atoms with Crippen LogP contribution in [0.4, 0.5) is 10.8 Å². The van der Waals surface area contributed by atoms with Crippen molar-refractivity contribution in [3.05, 3.63) is 57.5 Å². The topological polar surface area (TPSA) is 62.3 Å². The first-order valence-corrected chi connectivity index (χ1v) is 12.0. The highest BCUT2D eigenvalue weighted by Crippen LogP contribution is 2.29. The quantitative estimate of drug-likeness (QED) is 0.493. The van der Waals surface area contributed by atoms with Gasteiger partial charge in [0.05, 0.1) is 10.6 Å². The minimum absolute atomic E-state index is 0.348. The molecule has 3 aromatic rings. The van der Waals surface area contributed by atoms with Crippen LogP contribution in [-0.2, 0) is 10.0 Å². The zero-order valence-electron chi connectivity index (χ0n) is 14.4. The maximum atomic E-state index is 12.6. The van der Waals surface area contributed by atoms with Gasteiger partial charge < -0.3 is 5.32 Å². The van der Waals surface area contributed by atoms with Crippen LogP contribution in [-0.4, -0.2) is 30.8 Å². The number of nitrogens with zero attached hydrogens (tertiary/aromatic N) is 2. The fraction of sp³-hybridized carbons (Fsp3) is 0.211. The molecule has 140 valence electrons. The summed E-state index contributed by atoms with van der Waals surface area (Å²) in [5, 5.41) is 6.07. The Hall–Kier alpha value is -1.49. The molecule has 1 aliphatic rings. The molecule has 1 saturated heterocycles. The first kappa shape index (κ1) is 18.9. The van der Waals surface area contributed by atoms with Crippen molar-refractivity contribution >= 4 is 54.8 Å². The first-order chi connectivity index (χ1) is 13.0. The zero-order chi connectivity index (χ0) is 18.9. The maximum Gasteiger partial charge on any atom is 0.243 e. The van der Waals surface area contributed by atoms with E-state index in [1.165, 1.54) is 14.9 Å². The van der Waals surface area contributed by atoms with Crippen LogP contribution in [0.15, 0.2) is 58.8 Å². The predicted molar refractivity (Wildman–Crippen MR) is 118 cm³/mol. The number of rotatable bonds is 5. The summed E-state index contributed by atoms with van der Waals surface area (Å²) in [6.07, 6.45) is 1.87. The molecule has 0 atom stereocenters. The number of hydrogen-bond donors (Lipinski definition) is 1. The molecule has 0 amide bonds. The molecule has 0 spiro atoms. The molecule has 1 N–H and O–H groups in total. The standard InChI is InChI=1S/C19H18IN3O2S2/c20-15-5-7-16(8-6-15)21-19-22-18(13-26-19)14-3-9-17(10-4-14)27(24,25)23-11-1-2-12-23/h3-10,13H,1-2,11-12H2,(H,21,22). The van der Waals surface area contributed by atoms with Crippen LogP contribution in [0.3, 0.4) is 0 Å². The highest BCUT2D eigenvalue weighted by molar-refractivity contribution is 14.1. The first-order valence-electron chi connectivity index (χ1n) is 8.61. The van der Waals surface area contributed by atoms with Crippen LogP contribution in [0.25, 0.3) is 11.3 Å². The molecule has 8 heteroatoms. The summed E-state index contributed by atoms with van der Waals surface area (Å²) in [4.78, 5) is 4.96. The number of benzene rings is 2. The molecule has 5 nitrogen and oxygen atoms in total. The van der Waals surface area contributed by atoms with Crippen LogP contribution in [0.2, 0.25) is 0 Å². The van der Waals surface area contributed by atoms with Gasteiger partial charge in [-0.25, -0.2) is 13.4 Å². The van der Waals surface area contributed by atoms with Gasteiger partial charge in [-0.3, -0.25) is 0 Å². The van der Waals surface area contributed by atoms with Crippen molar-refractivity contribution in [3.63, 3.8) is 0 Å². The van der Waals surface area contributed by atoms with Crippen molar-refractivity contribution in [1.29, 1.82) is 0 Å². The van der Waals surface area contributed by atoms with Gasteiger partial charge in [0.1, 0.15) is 0 Å². The largest absolute Gasteiger partial charge is 0.332 e.